The molecule has 36 atom stereocenters. The minimum Gasteiger partial charge on any atom is -0.481 e. The number of Topliss-reactive ketones (excluding diaryl/α,β-unsaturated/α-hetero) is 2. The van der Waals surface area contributed by atoms with Crippen molar-refractivity contribution in [3.05, 3.63) is 0 Å². The molecule has 0 radical (unpaired) electrons. The average Bonchev–Trinajstić information content (AvgIpc) is 0.780. The summed E-state index contributed by atoms with van der Waals surface area (Å²) in [6.45, 7) is -3.58. The number of carbonyl (C=O) groups excluding carboxylic acids is 2. The molecule has 41 nitrogen and oxygen atoms in total. The molecule has 21 aliphatic heterocycles. The Kier molecular flexibility index (Phi) is 33.2. The van der Waals surface area contributed by atoms with Crippen LogP contribution in [0.3, 0.4) is 0 Å². The fraction of sp³-hybridized carbons (Fsp3) is 0.932. The fourth-order valence-corrected chi connectivity index (χ4v) is 14.9. The Morgan fingerprint density at radius 2 is 0.706 bits per heavy atom. The number of aliphatic hydroxyl groups is 18. The number of thioether (sulfide) groups is 2. The first kappa shape index (κ1) is 85.2. The molecule has 14 bridgehead atoms. The Labute approximate surface area is 590 Å². The maximum absolute atomic E-state index is 13.0. The van der Waals surface area contributed by atoms with Gasteiger partial charge in [-0.05, 0) is 14.0 Å². The van der Waals surface area contributed by atoms with Crippen LogP contribution in [0.1, 0.15) is 32.6 Å². The van der Waals surface area contributed by atoms with Gasteiger partial charge in [-0.1, -0.05) is 0 Å². The van der Waals surface area contributed by atoms with E-state index in [2.05, 4.69) is 5.32 Å². The first-order valence-electron chi connectivity index (χ1n) is 33.1. The van der Waals surface area contributed by atoms with Gasteiger partial charge in [0, 0.05) is 48.7 Å². The van der Waals surface area contributed by atoms with E-state index in [0.717, 1.165) is 23.5 Å². The molecule has 21 rings (SSSR count). The van der Waals surface area contributed by atoms with Crippen LogP contribution in [-0.4, -0.2) is 430 Å². The number of ketones is 2. The number of likely N-dealkylation sites (N-methyl/N-ethyl adjacent to an activating group) is 1. The summed E-state index contributed by atoms with van der Waals surface area (Å²) in [5.74, 6) is -5.89. The van der Waals surface area contributed by atoms with Gasteiger partial charge in [-0.2, -0.15) is 23.5 Å². The zero-order valence-electron chi connectivity index (χ0n) is 55.2. The molecule has 590 valence electrons. The predicted octanol–water partition coefficient (Wildman–Crippen LogP) is -12.0. The molecule has 0 saturated carbocycles. The van der Waals surface area contributed by atoms with Gasteiger partial charge >= 0.3 is 11.9 Å². The number of ether oxygens (including phenoxy) is 16. The average molecular weight is 1520 g/mol. The van der Waals surface area contributed by atoms with E-state index in [1.807, 2.05) is 0 Å². The van der Waals surface area contributed by atoms with E-state index in [0.29, 0.717) is 0 Å². The molecule has 0 aliphatic carbocycles. The van der Waals surface area contributed by atoms with Gasteiger partial charge in [0.05, 0.1) is 83.7 Å². The fourth-order valence-electron chi connectivity index (χ4n) is 12.6. The van der Waals surface area contributed by atoms with Gasteiger partial charge in [-0.25, -0.2) is 0 Å². The van der Waals surface area contributed by atoms with Gasteiger partial charge in [-0.15, -0.1) is 0 Å². The van der Waals surface area contributed by atoms with Crippen LogP contribution in [0, 0.1) is 5.92 Å². The van der Waals surface area contributed by atoms with E-state index in [-0.39, 0.29) is 62.3 Å². The smallest absolute Gasteiger partial charge is 0.321 e. The van der Waals surface area contributed by atoms with Crippen LogP contribution in [0.4, 0.5) is 0 Å². The van der Waals surface area contributed by atoms with Crippen molar-refractivity contribution in [1.82, 2.24) is 5.32 Å². The topological polar surface area (TPSA) is 633 Å². The molecular formula is C59H97NO40S2. The third kappa shape index (κ3) is 20.9. The van der Waals surface area contributed by atoms with E-state index in [4.69, 9.17) is 75.8 Å². The number of rotatable bonds is 27. The van der Waals surface area contributed by atoms with Crippen LogP contribution >= 0.6 is 23.5 Å². The summed E-state index contributed by atoms with van der Waals surface area (Å²) >= 11 is 1.72. The number of hydrogen-bond donors (Lipinski definition) is 21. The minimum atomic E-state index is -2.30. The van der Waals surface area contributed by atoms with Gasteiger partial charge < -0.3 is 183 Å². The molecule has 43 heteroatoms. The van der Waals surface area contributed by atoms with Crippen LogP contribution in [-0.2, 0) is 95.0 Å². The predicted molar refractivity (Wildman–Crippen MR) is 330 cm³/mol. The molecule has 0 amide bonds. The summed E-state index contributed by atoms with van der Waals surface area (Å²) in [5, 5.41) is 228. The van der Waals surface area contributed by atoms with Crippen LogP contribution in [0.2, 0.25) is 0 Å². The first-order chi connectivity index (χ1) is 48.6. The number of nitrogens with one attached hydrogen (secondary N) is 1. The third-order valence-corrected chi connectivity index (χ3v) is 20.8. The summed E-state index contributed by atoms with van der Waals surface area (Å²) in [7, 11) is 1.37. The molecule has 21 saturated heterocycles. The van der Waals surface area contributed by atoms with Crippen LogP contribution in [0.15, 0.2) is 0 Å². The van der Waals surface area contributed by atoms with Crippen molar-refractivity contribution in [3.8, 4) is 0 Å². The molecule has 21 N–H and O–H groups in total. The van der Waals surface area contributed by atoms with Gasteiger partial charge in [0.15, 0.2) is 44.0 Å². The number of carbonyl (C=O) groups is 4. The van der Waals surface area contributed by atoms with Crippen molar-refractivity contribution in [3.63, 3.8) is 0 Å². The van der Waals surface area contributed by atoms with E-state index in [1.54, 1.807) is 0 Å². The zero-order chi connectivity index (χ0) is 74.5. The van der Waals surface area contributed by atoms with Crippen molar-refractivity contribution in [1.29, 1.82) is 0 Å². The van der Waals surface area contributed by atoms with Gasteiger partial charge in [0.1, 0.15) is 164 Å². The molecule has 0 aromatic heterocycles. The highest BCUT2D eigenvalue weighted by Gasteiger charge is 2.59. The Morgan fingerprint density at radius 1 is 0.392 bits per heavy atom. The molecule has 0 spiro atoms. The monoisotopic (exact) mass is 1520 g/mol. The summed E-state index contributed by atoms with van der Waals surface area (Å²) in [5.41, 5.74) is 0. The van der Waals surface area contributed by atoms with Gasteiger partial charge in [0.25, 0.3) is 0 Å². The second-order valence-electron chi connectivity index (χ2n) is 25.6. The molecular weight excluding hydrogens is 1430 g/mol. The summed E-state index contributed by atoms with van der Waals surface area (Å²) in [4.78, 5) is 48.7. The number of hydrogen-bond acceptors (Lipinski definition) is 41. The van der Waals surface area contributed by atoms with Crippen LogP contribution in [0.5, 0.6) is 0 Å². The number of aliphatic hydroxyl groups excluding tert-OH is 18. The van der Waals surface area contributed by atoms with Crippen molar-refractivity contribution >= 4 is 47.0 Å². The number of carboxylic acid groups (broad SMARTS) is 2. The van der Waals surface area contributed by atoms with Crippen LogP contribution in [0.25, 0.3) is 0 Å². The van der Waals surface area contributed by atoms with E-state index in [9.17, 15) is 121 Å². The quantitative estimate of drug-likeness (QED) is 0.0340. The van der Waals surface area contributed by atoms with Crippen molar-refractivity contribution in [2.45, 2.75) is 247 Å². The Morgan fingerprint density at radius 3 is 1.04 bits per heavy atom. The molecule has 21 fully saturated rings. The SMILES string of the molecule is CN[C@H](CSCC1O[C@@H]2O[C@H]3CC(O)[C@@H](OC3CO)O[C@H]3C(CO)O[C@@H](O[C@H]4C(CO)O[C@@H](O[C@H]5C(CSC[C@@H](CC(=O)CCOCCOCCC(C)=O)C(=O)O)O[C@@H](O[C@H]6C(CO)O[C@@H](O[C@H]7C(CO)O[C@H](O[C@@H]1[C@H](O)C2O)C(O)[C@H]7O)C(O)[C@H]6O)C(O)[C@H]5O)C(O)[C@H]4O)C(O)[C@H]3O)C(=O)O. The van der Waals surface area contributed by atoms with Gasteiger partial charge in [0.2, 0.25) is 0 Å². The summed E-state index contributed by atoms with van der Waals surface area (Å²) in [6.07, 6.45) is -68.4. The highest BCUT2D eigenvalue weighted by molar-refractivity contribution is 7.99. The zero-order valence-corrected chi connectivity index (χ0v) is 56.9. The highest BCUT2D eigenvalue weighted by atomic mass is 32.2. The van der Waals surface area contributed by atoms with Crippen molar-refractivity contribution < 1.29 is 197 Å². The lowest BCUT2D eigenvalue weighted by Gasteiger charge is -2.50. The minimum absolute atomic E-state index is 0.0705. The molecule has 0 aromatic rings. The molecule has 102 heavy (non-hydrogen) atoms. The summed E-state index contributed by atoms with van der Waals surface area (Å²) in [6, 6.07) is -1.15. The third-order valence-electron chi connectivity index (χ3n) is 18.4. The summed E-state index contributed by atoms with van der Waals surface area (Å²) < 4.78 is 93.8. The Hall–Kier alpha value is -2.42. The maximum atomic E-state index is 13.0. The highest BCUT2D eigenvalue weighted by Crippen LogP contribution is 2.40. The lowest BCUT2D eigenvalue weighted by molar-refractivity contribution is -0.394. The van der Waals surface area contributed by atoms with Crippen LogP contribution < -0.4 is 5.32 Å². The normalized spacial score (nSPS) is 44.5. The van der Waals surface area contributed by atoms with E-state index < -0.39 is 290 Å². The molecule has 21 aliphatic rings. The lowest BCUT2D eigenvalue weighted by atomic mass is 9.95. The second kappa shape index (κ2) is 39.8. The lowest BCUT2D eigenvalue weighted by Crippen LogP contribution is -2.68. The van der Waals surface area contributed by atoms with E-state index >= 15 is 0 Å². The Bertz CT molecular complexity index is 2580. The first-order valence-corrected chi connectivity index (χ1v) is 35.4. The van der Waals surface area contributed by atoms with Gasteiger partial charge in [-0.3, -0.25) is 19.2 Å². The number of carboxylic acids is 2. The standard InChI is InChI=1S/C59H97NO40S2/c1-20(66)3-5-85-7-8-86-6-4-22(67)9-21(51(81)82)16-101-18-31-49-38(74)44(80)59(94-31)98-48-30(15-65)90-56(41(77)34(48)70)97-47-29(14-64)92-58(43(79)36(47)72)100-50-32(19-102-17-23(60-2)52(83)84)93-54(39(75)37(50)73)87-25-10-24(68)53(88-26(25)11-61)95-45-27(12-62)89-55(40(76)33(45)69)96-46-28(13-63)91-57(99-49)42(78)35(46)71/h21,23-50,53-65,68-80H,3-19H2,1-2H3,(H,81,82)(H,83,84)/t21-,23-,24?,25+,26?,27?,28?,29?,30?,31?,32?,33-,34-,35-,36-,37-,38-,39?,40?,41?,42?,43?,44?,45+,46+,47+,48+,49+,50+,53+,54+,55+,56+,57+,58-,59+/m1/s1. The molecule has 14 unspecified atom stereocenters. The largest absolute Gasteiger partial charge is 0.481 e. The van der Waals surface area contributed by atoms with E-state index in [1.165, 1.54) is 14.0 Å². The molecule has 0 aromatic carbocycles. The molecule has 21 heterocycles. The van der Waals surface area contributed by atoms with Crippen molar-refractivity contribution in [2.24, 2.45) is 5.92 Å². The maximum Gasteiger partial charge on any atom is 0.321 e. The van der Waals surface area contributed by atoms with Crippen molar-refractivity contribution in [2.75, 3.05) is 89.5 Å². The number of aliphatic carboxylic acids is 2. The Balaban J connectivity index is 1.07. The second-order valence-corrected chi connectivity index (χ2v) is 27.8.